The predicted molar refractivity (Wildman–Crippen MR) is 68.7 cm³/mol. The Labute approximate surface area is 114 Å². The van der Waals surface area contributed by atoms with Gasteiger partial charge in [-0.15, -0.1) is 0 Å². The number of rotatable bonds is 11. The second-order valence-electron chi connectivity index (χ2n) is 3.80. The van der Waals surface area contributed by atoms with Gasteiger partial charge >= 0.3 is 11.9 Å². The molecule has 6 heteroatoms. The largest absolute Gasteiger partial charge is 0.465 e. The van der Waals surface area contributed by atoms with E-state index in [1.807, 2.05) is 0 Å². The molecule has 0 aliphatic carbocycles. The van der Waals surface area contributed by atoms with E-state index in [1.54, 1.807) is 21.0 Å². The first kappa shape index (κ1) is 17.9. The Balaban J connectivity index is 4.05. The summed E-state index contributed by atoms with van der Waals surface area (Å²) in [5, 5.41) is 0. The zero-order chi connectivity index (χ0) is 14.5. The van der Waals surface area contributed by atoms with Crippen LogP contribution in [0.25, 0.3) is 0 Å². The molecule has 0 rings (SSSR count). The Morgan fingerprint density at radius 3 is 2.00 bits per heavy atom. The van der Waals surface area contributed by atoms with Crippen LogP contribution < -0.4 is 0 Å². The smallest absolute Gasteiger partial charge is 0.320 e. The molecule has 0 aliphatic heterocycles. The molecule has 0 saturated heterocycles. The van der Waals surface area contributed by atoms with Crippen LogP contribution >= 0.6 is 0 Å². The third-order valence-electron chi connectivity index (χ3n) is 2.33. The standard InChI is InChI=1S/C13H24O6/c1-4-18-12(14)11(13(15)19-5-2)7-10-17-9-6-8-16-3/h11H,4-10H2,1-3H3. The Hall–Kier alpha value is -1.14. The molecular formula is C13H24O6. The van der Waals surface area contributed by atoms with Gasteiger partial charge in [0, 0.05) is 26.9 Å². The fourth-order valence-electron chi connectivity index (χ4n) is 1.43. The van der Waals surface area contributed by atoms with Crippen molar-refractivity contribution in [2.24, 2.45) is 5.92 Å². The number of hydrogen-bond donors (Lipinski definition) is 0. The summed E-state index contributed by atoms with van der Waals surface area (Å²) in [5.41, 5.74) is 0. The van der Waals surface area contributed by atoms with Crippen molar-refractivity contribution in [2.45, 2.75) is 26.7 Å². The Morgan fingerprint density at radius 2 is 1.53 bits per heavy atom. The first-order valence-electron chi connectivity index (χ1n) is 6.57. The lowest BCUT2D eigenvalue weighted by Crippen LogP contribution is -2.29. The summed E-state index contributed by atoms with van der Waals surface area (Å²) >= 11 is 0. The Bertz CT molecular complexity index is 236. The molecule has 0 saturated carbocycles. The van der Waals surface area contributed by atoms with Crippen molar-refractivity contribution >= 4 is 11.9 Å². The quantitative estimate of drug-likeness (QED) is 0.320. The molecule has 0 fully saturated rings. The van der Waals surface area contributed by atoms with Crippen molar-refractivity contribution in [1.82, 2.24) is 0 Å². The van der Waals surface area contributed by atoms with E-state index in [9.17, 15) is 9.59 Å². The maximum Gasteiger partial charge on any atom is 0.320 e. The van der Waals surface area contributed by atoms with Crippen LogP contribution in [-0.4, -0.2) is 52.1 Å². The Kier molecular flexibility index (Phi) is 11.2. The van der Waals surface area contributed by atoms with Gasteiger partial charge in [-0.3, -0.25) is 9.59 Å². The van der Waals surface area contributed by atoms with Crippen molar-refractivity contribution in [1.29, 1.82) is 0 Å². The van der Waals surface area contributed by atoms with E-state index >= 15 is 0 Å². The monoisotopic (exact) mass is 276 g/mol. The van der Waals surface area contributed by atoms with Gasteiger partial charge in [0.2, 0.25) is 0 Å². The van der Waals surface area contributed by atoms with Gasteiger partial charge in [-0.2, -0.15) is 0 Å². The second kappa shape index (κ2) is 11.9. The molecule has 0 spiro atoms. The van der Waals surface area contributed by atoms with Gasteiger partial charge in [-0.1, -0.05) is 0 Å². The summed E-state index contributed by atoms with van der Waals surface area (Å²) in [6.45, 7) is 5.34. The summed E-state index contributed by atoms with van der Waals surface area (Å²) in [6.07, 6.45) is 1.05. The van der Waals surface area contributed by atoms with Crippen molar-refractivity contribution in [3.8, 4) is 0 Å². The van der Waals surface area contributed by atoms with Crippen LogP contribution in [0, 0.1) is 5.92 Å². The number of ether oxygens (including phenoxy) is 4. The SMILES string of the molecule is CCOC(=O)C(CCOCCCOC)C(=O)OCC. The highest BCUT2D eigenvalue weighted by molar-refractivity contribution is 5.94. The fraction of sp³-hybridized carbons (Fsp3) is 0.846. The molecule has 0 aliphatic rings. The van der Waals surface area contributed by atoms with Crippen LogP contribution in [0.15, 0.2) is 0 Å². The lowest BCUT2D eigenvalue weighted by Gasteiger charge is -2.14. The van der Waals surface area contributed by atoms with E-state index in [4.69, 9.17) is 18.9 Å². The van der Waals surface area contributed by atoms with Gasteiger partial charge in [-0.05, 0) is 26.7 Å². The highest BCUT2D eigenvalue weighted by Gasteiger charge is 2.29. The average molecular weight is 276 g/mol. The van der Waals surface area contributed by atoms with E-state index in [-0.39, 0.29) is 19.6 Å². The van der Waals surface area contributed by atoms with E-state index in [2.05, 4.69) is 0 Å². The van der Waals surface area contributed by atoms with Gasteiger partial charge in [0.25, 0.3) is 0 Å². The number of carbonyl (C=O) groups is 2. The lowest BCUT2D eigenvalue weighted by molar-refractivity contribution is -0.162. The molecule has 0 aromatic heterocycles. The van der Waals surface area contributed by atoms with E-state index in [0.29, 0.717) is 19.8 Å². The van der Waals surface area contributed by atoms with E-state index in [1.165, 1.54) is 0 Å². The van der Waals surface area contributed by atoms with Crippen molar-refractivity contribution in [3.63, 3.8) is 0 Å². The van der Waals surface area contributed by atoms with Gasteiger partial charge in [-0.25, -0.2) is 0 Å². The average Bonchev–Trinajstić information content (AvgIpc) is 2.38. The minimum Gasteiger partial charge on any atom is -0.465 e. The summed E-state index contributed by atoms with van der Waals surface area (Å²) in [5.74, 6) is -2.01. The van der Waals surface area contributed by atoms with Crippen molar-refractivity contribution < 1.29 is 28.5 Å². The topological polar surface area (TPSA) is 71.1 Å². The molecule has 0 heterocycles. The molecule has 0 aromatic rings. The van der Waals surface area contributed by atoms with E-state index < -0.39 is 17.9 Å². The van der Waals surface area contributed by atoms with Crippen molar-refractivity contribution in [3.05, 3.63) is 0 Å². The number of methoxy groups -OCH3 is 1. The number of carbonyl (C=O) groups excluding carboxylic acids is 2. The van der Waals surface area contributed by atoms with Crippen LogP contribution in [-0.2, 0) is 28.5 Å². The minimum atomic E-state index is -0.901. The number of hydrogen-bond acceptors (Lipinski definition) is 6. The molecule has 0 aromatic carbocycles. The molecule has 19 heavy (non-hydrogen) atoms. The van der Waals surface area contributed by atoms with Crippen molar-refractivity contribution in [2.75, 3.05) is 40.1 Å². The molecule has 0 radical (unpaired) electrons. The first-order chi connectivity index (χ1) is 9.17. The summed E-state index contributed by atoms with van der Waals surface area (Å²) in [6, 6.07) is 0. The Morgan fingerprint density at radius 1 is 0.947 bits per heavy atom. The van der Waals surface area contributed by atoms with Crippen LogP contribution in [0.5, 0.6) is 0 Å². The molecule has 0 N–H and O–H groups in total. The maximum atomic E-state index is 11.6. The highest BCUT2D eigenvalue weighted by atomic mass is 16.6. The fourth-order valence-corrected chi connectivity index (χ4v) is 1.43. The molecule has 0 atom stereocenters. The minimum absolute atomic E-state index is 0.240. The lowest BCUT2D eigenvalue weighted by atomic mass is 10.1. The maximum absolute atomic E-state index is 11.6. The molecule has 6 nitrogen and oxygen atoms in total. The van der Waals surface area contributed by atoms with Gasteiger partial charge in [0.05, 0.1) is 13.2 Å². The highest BCUT2D eigenvalue weighted by Crippen LogP contribution is 2.09. The third kappa shape index (κ3) is 8.56. The summed E-state index contributed by atoms with van der Waals surface area (Å²) in [7, 11) is 1.62. The molecule has 0 unspecified atom stereocenters. The predicted octanol–water partition coefficient (Wildman–Crippen LogP) is 1.17. The number of esters is 2. The normalized spacial score (nSPS) is 10.5. The van der Waals surface area contributed by atoms with Crippen LogP contribution in [0.4, 0.5) is 0 Å². The molecular weight excluding hydrogens is 252 g/mol. The van der Waals surface area contributed by atoms with Crippen LogP contribution in [0.2, 0.25) is 0 Å². The second-order valence-corrected chi connectivity index (χ2v) is 3.80. The summed E-state index contributed by atoms with van der Waals surface area (Å²) < 4.78 is 19.9. The van der Waals surface area contributed by atoms with Gasteiger partial charge in [0.15, 0.2) is 5.92 Å². The van der Waals surface area contributed by atoms with Gasteiger partial charge in [0.1, 0.15) is 0 Å². The van der Waals surface area contributed by atoms with Crippen LogP contribution in [0.1, 0.15) is 26.7 Å². The first-order valence-corrected chi connectivity index (χ1v) is 6.57. The zero-order valence-electron chi connectivity index (χ0n) is 12.0. The van der Waals surface area contributed by atoms with E-state index in [0.717, 1.165) is 6.42 Å². The summed E-state index contributed by atoms with van der Waals surface area (Å²) in [4.78, 5) is 23.3. The third-order valence-corrected chi connectivity index (χ3v) is 2.33. The molecule has 0 bridgehead atoms. The molecule has 0 amide bonds. The molecule has 112 valence electrons. The van der Waals surface area contributed by atoms with Crippen LogP contribution in [0.3, 0.4) is 0 Å². The zero-order valence-corrected chi connectivity index (χ0v) is 12.0. The van der Waals surface area contributed by atoms with Gasteiger partial charge < -0.3 is 18.9 Å².